The van der Waals surface area contributed by atoms with Crippen molar-refractivity contribution in [3.05, 3.63) is 35.1 Å². The number of nitrogens with one attached hydrogen (secondary N) is 2. The van der Waals surface area contributed by atoms with E-state index in [0.29, 0.717) is 5.69 Å². The number of aromatic amines is 1. The van der Waals surface area contributed by atoms with Gasteiger partial charge in [0.05, 0.1) is 13.4 Å². The number of hydrogen-bond acceptors (Lipinski definition) is 7. The monoisotopic (exact) mass is 302 g/mol. The Hall–Kier alpha value is -3.35. The van der Waals surface area contributed by atoms with Gasteiger partial charge in [0.15, 0.2) is 0 Å². The van der Waals surface area contributed by atoms with Crippen molar-refractivity contribution in [2.75, 3.05) is 7.11 Å². The fourth-order valence-electron chi connectivity index (χ4n) is 1.61. The number of methoxy groups -OCH3 is 1. The van der Waals surface area contributed by atoms with E-state index in [9.17, 15) is 9.59 Å². The zero-order chi connectivity index (χ0) is 15.9. The first-order valence-corrected chi connectivity index (χ1v) is 6.10. The lowest BCUT2D eigenvalue weighted by Crippen LogP contribution is -2.43. The van der Waals surface area contributed by atoms with Crippen LogP contribution < -0.4 is 5.32 Å². The number of rotatable bonds is 5. The summed E-state index contributed by atoms with van der Waals surface area (Å²) in [6.07, 6.45) is 4.37. The molecule has 0 saturated heterocycles. The highest BCUT2D eigenvalue weighted by molar-refractivity contribution is 5.93. The van der Waals surface area contributed by atoms with E-state index in [4.69, 9.17) is 6.57 Å². The van der Waals surface area contributed by atoms with Gasteiger partial charge in [-0.3, -0.25) is 4.79 Å². The Morgan fingerprint density at radius 3 is 2.82 bits per heavy atom. The van der Waals surface area contributed by atoms with Crippen LogP contribution in [0.1, 0.15) is 16.3 Å². The molecule has 0 saturated carbocycles. The number of nitrogens with zero attached hydrogens (tertiary/aromatic N) is 5. The molecule has 1 amide bonds. The highest BCUT2D eigenvalue weighted by Crippen LogP contribution is 2.04. The molecule has 10 heteroatoms. The number of imidazole rings is 1. The zero-order valence-corrected chi connectivity index (χ0v) is 11.6. The molecule has 112 valence electrons. The van der Waals surface area contributed by atoms with E-state index < -0.39 is 17.9 Å². The minimum Gasteiger partial charge on any atom is -0.467 e. The topological polar surface area (TPSA) is 127 Å². The smallest absolute Gasteiger partial charge is 0.467 e. The molecule has 0 radical (unpaired) electrons. The second-order valence-corrected chi connectivity index (χ2v) is 4.10. The van der Waals surface area contributed by atoms with E-state index in [1.54, 1.807) is 0 Å². The molecule has 10 nitrogen and oxygen atoms in total. The summed E-state index contributed by atoms with van der Waals surface area (Å²) in [5, 5.41) is 9.61. The molecule has 1 atom stereocenters. The molecule has 0 unspecified atom stereocenters. The van der Waals surface area contributed by atoms with Crippen LogP contribution in [0.4, 0.5) is 5.82 Å². The van der Waals surface area contributed by atoms with Gasteiger partial charge in [0, 0.05) is 18.3 Å². The number of amides is 1. The molecule has 0 aliphatic carbocycles. The predicted octanol–water partition coefficient (Wildman–Crippen LogP) is -0.297. The van der Waals surface area contributed by atoms with E-state index in [0.717, 1.165) is 0 Å². The Bertz CT molecular complexity index is 691. The summed E-state index contributed by atoms with van der Waals surface area (Å²) in [7, 11) is 1.23. The van der Waals surface area contributed by atoms with Gasteiger partial charge in [0.25, 0.3) is 11.7 Å². The van der Waals surface area contributed by atoms with Crippen LogP contribution in [-0.2, 0) is 16.0 Å². The Labute approximate surface area is 124 Å². The van der Waals surface area contributed by atoms with Gasteiger partial charge < -0.3 is 15.0 Å². The first-order valence-electron chi connectivity index (χ1n) is 6.10. The van der Waals surface area contributed by atoms with Crippen molar-refractivity contribution in [3.63, 3.8) is 0 Å². The number of hydrogen-bond donors (Lipinski definition) is 2. The summed E-state index contributed by atoms with van der Waals surface area (Å²) in [4.78, 5) is 37.5. The summed E-state index contributed by atoms with van der Waals surface area (Å²) in [5.74, 6) is -1.42. The highest BCUT2D eigenvalue weighted by atomic mass is 16.5. The molecular weight excluding hydrogens is 290 g/mol. The van der Waals surface area contributed by atoms with Gasteiger partial charge in [-0.15, -0.1) is 0 Å². The third-order valence-electron chi connectivity index (χ3n) is 2.65. The fourth-order valence-corrected chi connectivity index (χ4v) is 1.61. The van der Waals surface area contributed by atoms with Crippen molar-refractivity contribution in [2.45, 2.75) is 12.5 Å². The maximum absolute atomic E-state index is 12.0. The van der Waals surface area contributed by atoms with E-state index in [1.807, 2.05) is 0 Å². The minimum atomic E-state index is -0.916. The average Bonchev–Trinajstić information content (AvgIpc) is 3.06. The molecule has 2 rings (SSSR count). The number of aromatic nitrogens is 5. The number of ether oxygens (including phenoxy) is 1. The third kappa shape index (κ3) is 3.60. The quantitative estimate of drug-likeness (QED) is 0.726. The molecule has 0 aromatic carbocycles. The molecule has 0 fully saturated rings. The molecule has 0 aliphatic heterocycles. The van der Waals surface area contributed by atoms with Gasteiger partial charge in [-0.1, -0.05) is 0 Å². The van der Waals surface area contributed by atoms with Crippen LogP contribution in [0.15, 0.2) is 18.7 Å². The zero-order valence-electron chi connectivity index (χ0n) is 11.6. The summed E-state index contributed by atoms with van der Waals surface area (Å²) >= 11 is 0. The van der Waals surface area contributed by atoms with Crippen LogP contribution in [0.5, 0.6) is 0 Å². The molecule has 0 aliphatic rings. The maximum Gasteiger partial charge on any atom is 0.468 e. The second-order valence-electron chi connectivity index (χ2n) is 4.10. The molecule has 0 bridgehead atoms. The standard InChI is InChI=1S/C12H11N7O3/c1-13-9-5-15-10(19-18-9)11(20)17-8(12(21)22-2)3-7-4-14-6-16-7/h1,4-6,8H,3H2,2H3,(H-,14,16,17,20)/p+1/t8-/m1/s1. The van der Waals surface area contributed by atoms with E-state index in [2.05, 4.69) is 40.0 Å². The number of esters is 1. The first-order chi connectivity index (χ1) is 10.6. The van der Waals surface area contributed by atoms with Crippen molar-refractivity contribution in [1.29, 1.82) is 0 Å². The maximum atomic E-state index is 12.0. The van der Waals surface area contributed by atoms with Crippen molar-refractivity contribution in [1.82, 2.24) is 30.5 Å². The summed E-state index contributed by atoms with van der Waals surface area (Å²) < 4.78 is 4.66. The average molecular weight is 302 g/mol. The first kappa shape index (κ1) is 15.0. The Balaban J connectivity index is 2.10. The fraction of sp³-hybridized carbons (Fsp3) is 0.250. The highest BCUT2D eigenvalue weighted by Gasteiger charge is 2.25. The van der Waals surface area contributed by atoms with Crippen LogP contribution >= 0.6 is 0 Å². The van der Waals surface area contributed by atoms with Gasteiger partial charge in [0.2, 0.25) is 0 Å². The number of carbonyl (C=O) groups excluding carboxylic acids is 2. The lowest BCUT2D eigenvalue weighted by atomic mass is 10.1. The van der Waals surface area contributed by atoms with Crippen molar-refractivity contribution in [2.24, 2.45) is 0 Å². The van der Waals surface area contributed by atoms with Crippen molar-refractivity contribution in [3.8, 4) is 6.57 Å². The Morgan fingerprint density at radius 2 is 2.27 bits per heavy atom. The second kappa shape index (κ2) is 6.89. The Morgan fingerprint density at radius 1 is 1.45 bits per heavy atom. The summed E-state index contributed by atoms with van der Waals surface area (Å²) in [6, 6.07) is -0.916. The van der Waals surface area contributed by atoms with Crippen LogP contribution in [-0.4, -0.2) is 50.2 Å². The predicted molar refractivity (Wildman–Crippen MR) is 73.4 cm³/mol. The van der Waals surface area contributed by atoms with E-state index in [-0.39, 0.29) is 18.1 Å². The van der Waals surface area contributed by atoms with Gasteiger partial charge in [-0.2, -0.15) is 4.85 Å². The molecule has 2 heterocycles. The normalized spacial score (nSPS) is 11.3. The molecule has 0 spiro atoms. The van der Waals surface area contributed by atoms with E-state index >= 15 is 0 Å². The third-order valence-corrected chi connectivity index (χ3v) is 2.65. The summed E-state index contributed by atoms with van der Waals surface area (Å²) in [6.45, 7) is 5.00. The largest absolute Gasteiger partial charge is 0.468 e. The Kier molecular flexibility index (Phi) is 4.71. The van der Waals surface area contributed by atoms with E-state index in [1.165, 1.54) is 25.8 Å². The van der Waals surface area contributed by atoms with Crippen molar-refractivity contribution < 1.29 is 14.3 Å². The van der Waals surface area contributed by atoms with Gasteiger partial charge in [0.1, 0.15) is 23.9 Å². The van der Waals surface area contributed by atoms with Crippen LogP contribution in [0.25, 0.3) is 4.85 Å². The summed E-state index contributed by atoms with van der Waals surface area (Å²) in [5.41, 5.74) is 0.659. The minimum absolute atomic E-state index is 0.0820. The lowest BCUT2D eigenvalue weighted by molar-refractivity contribution is -0.142. The van der Waals surface area contributed by atoms with Crippen LogP contribution in [0.2, 0.25) is 0 Å². The lowest BCUT2D eigenvalue weighted by Gasteiger charge is -2.14. The number of carbonyl (C=O) groups is 2. The van der Waals surface area contributed by atoms with Crippen LogP contribution in [0.3, 0.4) is 0 Å². The SMILES string of the molecule is C#[N+]c1cnc(C(=O)N[C@H](Cc2cnc[nH]2)C(=O)OC)nn1. The van der Waals surface area contributed by atoms with Crippen molar-refractivity contribution >= 4 is 17.7 Å². The van der Waals surface area contributed by atoms with Gasteiger partial charge in [-0.25, -0.2) is 14.8 Å². The van der Waals surface area contributed by atoms with Gasteiger partial charge in [-0.05, 0) is 5.10 Å². The van der Waals surface area contributed by atoms with Gasteiger partial charge >= 0.3 is 11.8 Å². The molecule has 2 aromatic heterocycles. The molecule has 22 heavy (non-hydrogen) atoms. The number of H-pyrrole nitrogens is 1. The molecular formula is C12H12N7O3+. The molecule has 2 N–H and O–H groups in total. The van der Waals surface area contributed by atoms with Crippen LogP contribution in [0, 0.1) is 6.57 Å². The molecule has 2 aromatic rings.